The molecule has 2 nitrogen and oxygen atoms in total. The van der Waals surface area contributed by atoms with Gasteiger partial charge in [0.15, 0.2) is 0 Å². The molecule has 0 saturated heterocycles. The molecule has 2 aromatic rings. The molecule has 2 rings (SSSR count). The molecule has 1 heterocycles. The lowest BCUT2D eigenvalue weighted by Gasteiger charge is -2.23. The lowest BCUT2D eigenvalue weighted by atomic mass is 10.1. The Morgan fingerprint density at radius 2 is 1.76 bits per heavy atom. The minimum absolute atomic E-state index is 0.0475. The van der Waals surface area contributed by atoms with Crippen LogP contribution >= 0.6 is 7.14 Å². The van der Waals surface area contributed by atoms with Crippen LogP contribution in [0.1, 0.15) is 20.8 Å². The van der Waals surface area contributed by atoms with Crippen molar-refractivity contribution < 1.29 is 4.57 Å². The molecule has 0 aliphatic rings. The van der Waals surface area contributed by atoms with Crippen molar-refractivity contribution in [3.05, 3.63) is 30.5 Å². The molecule has 17 heavy (non-hydrogen) atoms. The predicted octanol–water partition coefficient (Wildman–Crippen LogP) is 3.64. The average molecular weight is 249 g/mol. The van der Waals surface area contributed by atoms with Crippen molar-refractivity contribution in [1.29, 1.82) is 0 Å². The molecule has 0 bridgehead atoms. The van der Waals surface area contributed by atoms with Crippen molar-refractivity contribution in [1.82, 2.24) is 4.57 Å². The first kappa shape index (κ1) is 12.4. The zero-order chi connectivity index (χ0) is 12.8. The summed E-state index contributed by atoms with van der Waals surface area (Å²) < 4.78 is 14.5. The third-order valence-corrected chi connectivity index (χ3v) is 4.56. The van der Waals surface area contributed by atoms with E-state index in [1.807, 2.05) is 25.5 Å². The number of nitrogens with zero attached hydrogens (tertiary/aromatic N) is 1. The summed E-state index contributed by atoms with van der Waals surface area (Å²) in [5, 5.41) is 2.11. The van der Waals surface area contributed by atoms with E-state index in [2.05, 4.69) is 43.7 Å². The molecule has 0 spiro atoms. The van der Waals surface area contributed by atoms with Gasteiger partial charge in [-0.3, -0.25) is 0 Å². The van der Waals surface area contributed by atoms with Gasteiger partial charge in [0, 0.05) is 27.9 Å². The van der Waals surface area contributed by atoms with E-state index in [0.29, 0.717) is 0 Å². The molecule has 0 aliphatic heterocycles. The summed E-state index contributed by atoms with van der Waals surface area (Å²) in [5.41, 5.74) is 1.21. The van der Waals surface area contributed by atoms with Crippen LogP contribution in [0.3, 0.4) is 0 Å². The summed E-state index contributed by atoms with van der Waals surface area (Å²) in [7, 11) is -2.22. The maximum Gasteiger partial charge on any atom is 0.110 e. The second-order valence-electron chi connectivity index (χ2n) is 5.92. The van der Waals surface area contributed by atoms with E-state index in [4.69, 9.17) is 0 Å². The van der Waals surface area contributed by atoms with Crippen molar-refractivity contribution in [3.8, 4) is 0 Å². The first-order valence-corrected chi connectivity index (χ1v) is 8.47. The van der Waals surface area contributed by atoms with Crippen LogP contribution in [0.15, 0.2) is 30.5 Å². The van der Waals surface area contributed by atoms with Crippen molar-refractivity contribution >= 4 is 23.3 Å². The summed E-state index contributed by atoms with van der Waals surface area (Å²) >= 11 is 0. The normalized spacial score (nSPS) is 13.2. The van der Waals surface area contributed by atoms with E-state index in [1.54, 1.807) is 0 Å². The van der Waals surface area contributed by atoms with Crippen LogP contribution in [-0.4, -0.2) is 17.9 Å². The van der Waals surface area contributed by atoms with Crippen LogP contribution in [0.25, 0.3) is 10.9 Å². The Morgan fingerprint density at radius 1 is 1.12 bits per heavy atom. The van der Waals surface area contributed by atoms with Crippen LogP contribution in [0.2, 0.25) is 0 Å². The number of hydrogen-bond donors (Lipinski definition) is 0. The first-order valence-electron chi connectivity index (χ1n) is 5.87. The van der Waals surface area contributed by atoms with Gasteiger partial charge in [-0.1, -0.05) is 12.1 Å². The van der Waals surface area contributed by atoms with Gasteiger partial charge < -0.3 is 9.13 Å². The molecule has 0 aliphatic carbocycles. The van der Waals surface area contributed by atoms with E-state index in [9.17, 15) is 4.57 Å². The fourth-order valence-electron chi connectivity index (χ4n) is 2.21. The van der Waals surface area contributed by atoms with E-state index in [1.165, 1.54) is 5.52 Å². The molecule has 0 atom stereocenters. The second kappa shape index (κ2) is 3.74. The van der Waals surface area contributed by atoms with E-state index < -0.39 is 7.14 Å². The maximum atomic E-state index is 12.3. The molecule has 0 unspecified atom stereocenters. The highest BCUT2D eigenvalue weighted by atomic mass is 31.2. The van der Waals surface area contributed by atoms with Crippen LogP contribution in [0.5, 0.6) is 0 Å². The average Bonchev–Trinajstić information content (AvgIpc) is 2.57. The summed E-state index contributed by atoms with van der Waals surface area (Å²) in [6, 6.07) is 8.16. The highest BCUT2D eigenvalue weighted by molar-refractivity contribution is 7.70. The van der Waals surface area contributed by atoms with E-state index in [0.717, 1.165) is 10.7 Å². The Balaban J connectivity index is 2.79. The smallest absolute Gasteiger partial charge is 0.110 e. The molecule has 0 radical (unpaired) electrons. The Hall–Kier alpha value is -1.01. The standard InChI is InChI=1S/C14H20NOP/c1-14(2,3)15-10-9-11-12(15)7-6-8-13(11)17(4,5)16/h6-10H,1-5H3. The lowest BCUT2D eigenvalue weighted by Crippen LogP contribution is -2.20. The maximum absolute atomic E-state index is 12.3. The van der Waals surface area contributed by atoms with Gasteiger partial charge in [0.05, 0.1) is 0 Å². The molecule has 0 fully saturated rings. The molecule has 0 N–H and O–H groups in total. The number of hydrogen-bond acceptors (Lipinski definition) is 1. The SMILES string of the molecule is CC(C)(C)n1ccc2c(P(C)(C)=O)cccc21. The van der Waals surface area contributed by atoms with E-state index in [-0.39, 0.29) is 5.54 Å². The Morgan fingerprint density at radius 3 is 2.29 bits per heavy atom. The molecule has 1 aromatic heterocycles. The molecule has 0 amide bonds. The molecule has 1 aromatic carbocycles. The number of aromatic nitrogens is 1. The van der Waals surface area contributed by atoms with Crippen LogP contribution in [0, 0.1) is 0 Å². The summed E-state index contributed by atoms with van der Waals surface area (Å²) in [5.74, 6) is 0. The van der Waals surface area contributed by atoms with Gasteiger partial charge in [-0.2, -0.15) is 0 Å². The van der Waals surface area contributed by atoms with Crippen LogP contribution < -0.4 is 5.30 Å². The monoisotopic (exact) mass is 249 g/mol. The number of benzene rings is 1. The first-order chi connectivity index (χ1) is 7.71. The van der Waals surface area contributed by atoms with Crippen molar-refractivity contribution in [2.45, 2.75) is 26.3 Å². The number of rotatable bonds is 1. The summed E-state index contributed by atoms with van der Waals surface area (Å²) in [6.07, 6.45) is 2.09. The number of fused-ring (bicyclic) bond motifs is 1. The summed E-state index contributed by atoms with van der Waals surface area (Å²) in [4.78, 5) is 0. The molecular weight excluding hydrogens is 229 g/mol. The summed E-state index contributed by atoms with van der Waals surface area (Å²) in [6.45, 7) is 10.2. The topological polar surface area (TPSA) is 22.0 Å². The van der Waals surface area contributed by atoms with Crippen LogP contribution in [-0.2, 0) is 10.1 Å². The van der Waals surface area contributed by atoms with Crippen molar-refractivity contribution in [2.75, 3.05) is 13.3 Å². The van der Waals surface area contributed by atoms with Gasteiger partial charge in [0.25, 0.3) is 0 Å². The highest BCUT2D eigenvalue weighted by Crippen LogP contribution is 2.38. The zero-order valence-corrected chi connectivity index (χ0v) is 12.1. The second-order valence-corrected chi connectivity index (χ2v) is 9.10. The molecule has 3 heteroatoms. The Bertz CT molecular complexity index is 598. The molecule has 0 saturated carbocycles. The molecular formula is C14H20NOP. The fraction of sp³-hybridized carbons (Fsp3) is 0.429. The minimum Gasteiger partial charge on any atom is -0.342 e. The molecule has 92 valence electrons. The van der Waals surface area contributed by atoms with Gasteiger partial charge >= 0.3 is 0 Å². The van der Waals surface area contributed by atoms with Crippen molar-refractivity contribution in [2.24, 2.45) is 0 Å². The lowest BCUT2D eigenvalue weighted by molar-refractivity contribution is 0.411. The van der Waals surface area contributed by atoms with Crippen molar-refractivity contribution in [3.63, 3.8) is 0 Å². The Labute approximate surface area is 103 Å². The van der Waals surface area contributed by atoms with Gasteiger partial charge in [0.2, 0.25) is 0 Å². The zero-order valence-electron chi connectivity index (χ0n) is 11.2. The predicted molar refractivity (Wildman–Crippen MR) is 76.0 cm³/mol. The van der Waals surface area contributed by atoms with E-state index >= 15 is 0 Å². The minimum atomic E-state index is -2.22. The third-order valence-electron chi connectivity index (χ3n) is 3.01. The van der Waals surface area contributed by atoms with Gasteiger partial charge in [-0.15, -0.1) is 0 Å². The largest absolute Gasteiger partial charge is 0.342 e. The van der Waals surface area contributed by atoms with Gasteiger partial charge in [0.1, 0.15) is 7.14 Å². The quantitative estimate of drug-likeness (QED) is 0.707. The van der Waals surface area contributed by atoms with Gasteiger partial charge in [-0.25, -0.2) is 0 Å². The highest BCUT2D eigenvalue weighted by Gasteiger charge is 2.19. The third kappa shape index (κ3) is 2.19. The Kier molecular flexibility index (Phi) is 2.74. The van der Waals surface area contributed by atoms with Gasteiger partial charge in [-0.05, 0) is 46.2 Å². The fourth-order valence-corrected chi connectivity index (χ4v) is 3.42. The van der Waals surface area contributed by atoms with Crippen LogP contribution in [0.4, 0.5) is 0 Å².